The molecular formula is C100H121N3OS2. The van der Waals surface area contributed by atoms with Gasteiger partial charge in [0.2, 0.25) is 0 Å². The van der Waals surface area contributed by atoms with Crippen LogP contribution in [-0.4, -0.2) is 19.9 Å². The molecule has 0 radical (unpaired) electrons. The summed E-state index contributed by atoms with van der Waals surface area (Å²) in [7, 11) is 0. The molecule has 106 heavy (non-hydrogen) atoms. The van der Waals surface area contributed by atoms with E-state index >= 15 is 0 Å². The minimum atomic E-state index is -0.663. The molecule has 10 aromatic carbocycles. The number of benzene rings is 10. The van der Waals surface area contributed by atoms with Gasteiger partial charge in [0.1, 0.15) is 16.8 Å². The summed E-state index contributed by atoms with van der Waals surface area (Å²) in [4.78, 5) is 2.52. The summed E-state index contributed by atoms with van der Waals surface area (Å²) in [6.45, 7) is 18.0. The first kappa shape index (κ1) is 75.4. The molecule has 0 N–H and O–H groups in total. The van der Waals surface area contributed by atoms with Gasteiger partial charge in [-0.3, -0.25) is 0 Å². The summed E-state index contributed by atoms with van der Waals surface area (Å²) in [6, 6.07) is 63.8. The Labute approximate surface area is 644 Å². The first-order chi connectivity index (χ1) is 52.3. The van der Waals surface area contributed by atoms with E-state index in [-0.39, 0.29) is 0 Å². The third-order valence-corrected chi connectivity index (χ3v) is 26.4. The van der Waals surface area contributed by atoms with Crippen LogP contribution >= 0.6 is 23.1 Å². The van der Waals surface area contributed by atoms with Gasteiger partial charge in [-0.2, -0.15) is 8.75 Å². The lowest BCUT2D eigenvalue weighted by atomic mass is 9.59. The van der Waals surface area contributed by atoms with Gasteiger partial charge < -0.3 is 9.30 Å². The molecule has 0 spiro atoms. The first-order valence-electron chi connectivity index (χ1n) is 42.7. The number of aryl methyl sites for hydroxylation is 3. The van der Waals surface area contributed by atoms with Gasteiger partial charge in [0.25, 0.3) is 0 Å². The number of rotatable bonds is 44. The smallest absolute Gasteiger partial charge is 0.119 e. The number of hydrogen-bond acceptors (Lipinski definition) is 5. The predicted octanol–water partition coefficient (Wildman–Crippen LogP) is 31.2. The molecule has 14 rings (SSSR count). The van der Waals surface area contributed by atoms with Gasteiger partial charge in [-0.05, 0) is 178 Å². The van der Waals surface area contributed by atoms with E-state index in [0.29, 0.717) is 11.8 Å². The molecule has 0 saturated heterocycles. The van der Waals surface area contributed by atoms with Gasteiger partial charge in [0, 0.05) is 54.5 Å². The number of ether oxygens (including phenoxy) is 1. The lowest BCUT2D eigenvalue weighted by Gasteiger charge is -2.43. The average molecular weight is 1450 g/mol. The Morgan fingerprint density at radius 1 is 0.377 bits per heavy atom. The fraction of sp³-hybridized carbons (Fsp3) is 0.460. The zero-order valence-corrected chi connectivity index (χ0v) is 67.3. The summed E-state index contributed by atoms with van der Waals surface area (Å²) in [5.41, 5.74) is 21.1. The van der Waals surface area contributed by atoms with Gasteiger partial charge >= 0.3 is 0 Å². The van der Waals surface area contributed by atoms with Crippen molar-refractivity contribution in [3.05, 3.63) is 197 Å². The molecular weight excluding hydrogens is 1320 g/mol. The molecule has 0 aliphatic heterocycles. The SMILES string of the molecule is CCCCCCCCC(CCCCCC)COc1ccc2c(c1)C(c1ccc(CCCCCC)cc1)(c1ccc(CCCCCC)cc1)c1ccc3c4cccc5c(-c6ccc(-c7ccc(-c8ccc(C)cc8)c8nsnc78)s6)cc6c(c54)c4c3c1c-2cc4n6CC(CCCCCC)CCCCCCCC. The number of thiophene rings is 1. The standard InChI is InChI=1S/C100H121N3OS2/c1-8-14-20-26-28-34-40-73(39-32-24-18-12-5)68-103-89-66-85(92-64-63-91(105-92)84-60-59-79(98-99(84)102-106-101-98)75-51-45-70(7)46-52-75)82-44-36-43-81-83-61-62-87-94-86(67-90(103)97(95(83)94)96(89)93(81)82)80-58-57-78(104-69-74(41-33-25-19-13-6)42-35-29-27-21-15-9-2)65-88(80)100(87,76-53-47-71(48-54-76)37-30-22-16-10-3)77-55-49-72(50-56-77)38-31-23-17-11-4/h36,43-67,73-74H,8-35,37-42,68-69H2,1-7H3. The molecule has 554 valence electrons. The van der Waals surface area contributed by atoms with Crippen LogP contribution in [0.5, 0.6) is 5.75 Å². The number of nitrogens with zero attached hydrogens (tertiary/aromatic N) is 3. The van der Waals surface area contributed by atoms with Crippen molar-refractivity contribution in [3.63, 3.8) is 0 Å². The van der Waals surface area contributed by atoms with Gasteiger partial charge in [-0.25, -0.2) is 0 Å². The van der Waals surface area contributed by atoms with Crippen molar-refractivity contribution in [2.24, 2.45) is 11.8 Å². The van der Waals surface area contributed by atoms with Crippen molar-refractivity contribution in [2.45, 2.75) is 279 Å². The molecule has 3 aromatic heterocycles. The summed E-state index contributed by atoms with van der Waals surface area (Å²) >= 11 is 3.24. The van der Waals surface area contributed by atoms with Crippen LogP contribution in [-0.2, 0) is 24.8 Å². The maximum absolute atomic E-state index is 7.42. The van der Waals surface area contributed by atoms with Crippen LogP contribution in [0.1, 0.15) is 286 Å². The molecule has 0 fully saturated rings. The number of unbranched alkanes of at least 4 members (excludes halogenated alkanes) is 22. The molecule has 2 unspecified atom stereocenters. The highest BCUT2D eigenvalue weighted by atomic mass is 32.1. The molecule has 3 heterocycles. The highest BCUT2D eigenvalue weighted by Gasteiger charge is 2.46. The number of hydrogen-bond donors (Lipinski definition) is 0. The Balaban J connectivity index is 0.992. The quantitative estimate of drug-likeness (QED) is 0.0217. The van der Waals surface area contributed by atoms with Crippen molar-refractivity contribution in [1.82, 2.24) is 13.3 Å². The van der Waals surface area contributed by atoms with Crippen LogP contribution in [0.25, 0.3) is 108 Å². The molecule has 0 bridgehead atoms. The molecule has 1 aliphatic carbocycles. The van der Waals surface area contributed by atoms with Crippen molar-refractivity contribution in [1.29, 1.82) is 0 Å². The van der Waals surface area contributed by atoms with E-state index in [4.69, 9.17) is 13.5 Å². The molecule has 2 atom stereocenters. The van der Waals surface area contributed by atoms with Crippen LogP contribution in [0.15, 0.2) is 158 Å². The topological polar surface area (TPSA) is 39.9 Å². The summed E-state index contributed by atoms with van der Waals surface area (Å²) < 4.78 is 20.3. The van der Waals surface area contributed by atoms with Gasteiger partial charge in [-0.15, -0.1) is 11.3 Å². The van der Waals surface area contributed by atoms with Crippen molar-refractivity contribution < 1.29 is 4.74 Å². The Kier molecular flexibility index (Phi) is 25.8. The van der Waals surface area contributed by atoms with E-state index in [2.05, 4.69) is 211 Å². The van der Waals surface area contributed by atoms with Gasteiger partial charge in [-0.1, -0.05) is 335 Å². The van der Waals surface area contributed by atoms with Crippen LogP contribution in [0, 0.1) is 18.8 Å². The Morgan fingerprint density at radius 3 is 1.45 bits per heavy atom. The van der Waals surface area contributed by atoms with Crippen molar-refractivity contribution >= 4 is 88.2 Å². The third kappa shape index (κ3) is 15.9. The minimum absolute atomic E-state index is 0.537. The second kappa shape index (κ2) is 36.2. The molecule has 13 aromatic rings. The summed E-state index contributed by atoms with van der Waals surface area (Å²) in [5, 5.41) is 11.2. The van der Waals surface area contributed by atoms with Crippen LogP contribution in [0.2, 0.25) is 0 Å². The van der Waals surface area contributed by atoms with Gasteiger partial charge in [0.05, 0.1) is 34.8 Å². The number of fused-ring (bicyclic) bond motifs is 4. The van der Waals surface area contributed by atoms with E-state index in [9.17, 15) is 0 Å². The molecule has 6 heteroatoms. The first-order valence-corrected chi connectivity index (χ1v) is 44.3. The van der Waals surface area contributed by atoms with E-state index < -0.39 is 5.41 Å². The van der Waals surface area contributed by atoms with Crippen molar-refractivity contribution in [2.75, 3.05) is 6.61 Å². The maximum Gasteiger partial charge on any atom is 0.119 e. The van der Waals surface area contributed by atoms with Crippen LogP contribution in [0.3, 0.4) is 0 Å². The van der Waals surface area contributed by atoms with E-state index in [1.165, 1.54) is 342 Å². The minimum Gasteiger partial charge on any atom is -0.493 e. The highest BCUT2D eigenvalue weighted by molar-refractivity contribution is 7.19. The summed E-state index contributed by atoms with van der Waals surface area (Å²) in [5.74, 6) is 2.10. The lowest BCUT2D eigenvalue weighted by Crippen LogP contribution is -2.34. The Bertz CT molecular complexity index is 4870. The van der Waals surface area contributed by atoms with Crippen molar-refractivity contribution in [3.8, 4) is 48.9 Å². The highest BCUT2D eigenvalue weighted by Crippen LogP contribution is 2.61. The van der Waals surface area contributed by atoms with E-state index in [1.807, 2.05) is 11.3 Å². The second-order valence-corrected chi connectivity index (χ2v) is 34.0. The molecule has 4 nitrogen and oxygen atoms in total. The Morgan fingerprint density at radius 2 is 0.858 bits per heavy atom. The Hall–Kier alpha value is -7.38. The molecule has 0 saturated carbocycles. The summed E-state index contributed by atoms with van der Waals surface area (Å²) in [6.07, 6.45) is 43.5. The average Bonchev–Trinajstić information content (AvgIpc) is 1.09. The monoisotopic (exact) mass is 1440 g/mol. The van der Waals surface area contributed by atoms with E-state index in [1.54, 1.807) is 0 Å². The normalized spacial score (nSPS) is 13.5. The van der Waals surface area contributed by atoms with E-state index in [0.717, 1.165) is 53.9 Å². The largest absolute Gasteiger partial charge is 0.493 e. The fourth-order valence-corrected chi connectivity index (χ4v) is 20.4. The fourth-order valence-electron chi connectivity index (χ4n) is 18.8. The molecule has 1 aliphatic rings. The zero-order chi connectivity index (χ0) is 72.8. The zero-order valence-electron chi connectivity index (χ0n) is 65.7. The van der Waals surface area contributed by atoms with Crippen LogP contribution < -0.4 is 4.74 Å². The predicted molar refractivity (Wildman–Crippen MR) is 463 cm³/mol. The van der Waals surface area contributed by atoms with Crippen LogP contribution in [0.4, 0.5) is 0 Å². The third-order valence-electron chi connectivity index (χ3n) is 24.7. The second-order valence-electron chi connectivity index (χ2n) is 32.4. The molecule has 0 amide bonds. The van der Waals surface area contributed by atoms with Gasteiger partial charge in [0.15, 0.2) is 0 Å². The number of aromatic nitrogens is 3. The lowest BCUT2D eigenvalue weighted by molar-refractivity contribution is 0.224. The maximum atomic E-state index is 7.42.